The summed E-state index contributed by atoms with van der Waals surface area (Å²) < 4.78 is 43.4. The lowest BCUT2D eigenvalue weighted by molar-refractivity contribution is -0.137. The molecular formula is C34H29BrF3N3O3S3. The molecule has 0 radical (unpaired) electrons. The number of thiophene rings is 2. The standard InChI is InChI=1S/C34H29BrF3N3O3S3/c1-21-25-20-24(10-11-29(25)46-30(21)33(43)44)47-41(14-12-22-6-8-23(9-7-22)34(36,37)38)28-5-3-2-4-27(28)39-15-17-40(18-16-39)32(42)31-26(35)13-19-45-31/h2-11,13,19-20H,12,14-18H2,1H3,(H,43,44). The van der Waals surface area contributed by atoms with Crippen molar-refractivity contribution in [3.05, 3.63) is 109 Å². The van der Waals surface area contributed by atoms with Crippen molar-refractivity contribution in [3.63, 3.8) is 0 Å². The van der Waals surface area contributed by atoms with Gasteiger partial charge in [-0.15, -0.1) is 22.7 Å². The van der Waals surface area contributed by atoms with Gasteiger partial charge >= 0.3 is 12.1 Å². The predicted molar refractivity (Wildman–Crippen MR) is 188 cm³/mol. The van der Waals surface area contributed by atoms with Crippen molar-refractivity contribution in [1.29, 1.82) is 0 Å². The zero-order chi connectivity index (χ0) is 33.3. The Hall–Kier alpha value is -3.52. The Morgan fingerprint density at radius 3 is 2.36 bits per heavy atom. The van der Waals surface area contributed by atoms with Crippen LogP contribution < -0.4 is 9.21 Å². The molecule has 1 aliphatic rings. The second-order valence-corrected chi connectivity index (χ2v) is 14.9. The Kier molecular flexibility index (Phi) is 9.88. The van der Waals surface area contributed by atoms with E-state index >= 15 is 0 Å². The van der Waals surface area contributed by atoms with Gasteiger partial charge < -0.3 is 19.2 Å². The summed E-state index contributed by atoms with van der Waals surface area (Å²) in [5, 5.41) is 12.4. The molecule has 0 bridgehead atoms. The first-order valence-electron chi connectivity index (χ1n) is 14.7. The number of piperazine rings is 1. The quantitative estimate of drug-likeness (QED) is 0.151. The molecule has 5 aromatic rings. The molecule has 1 fully saturated rings. The minimum Gasteiger partial charge on any atom is -0.477 e. The van der Waals surface area contributed by atoms with Crippen LogP contribution in [0.25, 0.3) is 10.1 Å². The number of nitrogens with zero attached hydrogens (tertiary/aromatic N) is 3. The summed E-state index contributed by atoms with van der Waals surface area (Å²) in [5.41, 5.74) is 2.76. The van der Waals surface area contributed by atoms with Gasteiger partial charge in [0.25, 0.3) is 5.91 Å². The van der Waals surface area contributed by atoms with Gasteiger partial charge in [0.2, 0.25) is 0 Å². The molecule has 6 nitrogen and oxygen atoms in total. The van der Waals surface area contributed by atoms with Crippen LogP contribution in [0.5, 0.6) is 0 Å². The average molecular weight is 761 g/mol. The zero-order valence-corrected chi connectivity index (χ0v) is 29.1. The van der Waals surface area contributed by atoms with Crippen molar-refractivity contribution in [1.82, 2.24) is 4.90 Å². The van der Waals surface area contributed by atoms with Gasteiger partial charge in [-0.1, -0.05) is 24.3 Å². The van der Waals surface area contributed by atoms with Gasteiger partial charge in [0.05, 0.1) is 16.9 Å². The van der Waals surface area contributed by atoms with E-state index in [4.69, 9.17) is 0 Å². The Morgan fingerprint density at radius 2 is 1.70 bits per heavy atom. The van der Waals surface area contributed by atoms with Crippen LogP contribution in [0.4, 0.5) is 24.5 Å². The molecular weight excluding hydrogens is 731 g/mol. The lowest BCUT2D eigenvalue weighted by Gasteiger charge is -2.38. The number of hydrogen-bond acceptors (Lipinski definition) is 7. The van der Waals surface area contributed by atoms with Gasteiger partial charge in [0.15, 0.2) is 0 Å². The molecule has 13 heteroatoms. The molecule has 244 valence electrons. The van der Waals surface area contributed by atoms with E-state index in [1.54, 1.807) is 0 Å². The highest BCUT2D eigenvalue weighted by Gasteiger charge is 2.30. The fourth-order valence-corrected chi connectivity index (χ4v) is 9.10. The number of carbonyl (C=O) groups is 2. The van der Waals surface area contributed by atoms with Crippen LogP contribution in [-0.4, -0.2) is 54.6 Å². The van der Waals surface area contributed by atoms with Crippen LogP contribution >= 0.6 is 50.6 Å². The second kappa shape index (κ2) is 13.9. The Balaban J connectivity index is 1.27. The number of carboxylic acid groups (broad SMARTS) is 1. The Bertz CT molecular complexity index is 1920. The number of fused-ring (bicyclic) bond motifs is 1. The lowest BCUT2D eigenvalue weighted by atomic mass is 10.1. The molecule has 0 saturated carbocycles. The largest absolute Gasteiger partial charge is 0.477 e. The highest BCUT2D eigenvalue weighted by molar-refractivity contribution is 9.10. The number of halogens is 4. The second-order valence-electron chi connectivity index (χ2n) is 11.0. The van der Waals surface area contributed by atoms with Crippen molar-refractivity contribution in [3.8, 4) is 0 Å². The summed E-state index contributed by atoms with van der Waals surface area (Å²) >= 11 is 7.65. The number of para-hydroxylation sites is 2. The molecule has 1 N–H and O–H groups in total. The molecule has 0 unspecified atom stereocenters. The van der Waals surface area contributed by atoms with Gasteiger partial charge in [-0.3, -0.25) is 4.79 Å². The molecule has 0 atom stereocenters. The first-order valence-corrected chi connectivity index (χ1v) is 18.0. The molecule has 1 aliphatic heterocycles. The van der Waals surface area contributed by atoms with E-state index in [1.165, 1.54) is 46.8 Å². The Labute approximate surface area is 290 Å². The molecule has 0 spiro atoms. The smallest absolute Gasteiger partial charge is 0.416 e. The van der Waals surface area contributed by atoms with Crippen molar-refractivity contribution in [2.45, 2.75) is 24.4 Å². The summed E-state index contributed by atoms with van der Waals surface area (Å²) in [4.78, 5) is 31.0. The van der Waals surface area contributed by atoms with Gasteiger partial charge in [-0.05, 0) is 112 Å². The molecule has 2 aromatic heterocycles. The monoisotopic (exact) mass is 759 g/mol. The molecule has 6 rings (SSSR count). The minimum absolute atomic E-state index is 0.0127. The first-order chi connectivity index (χ1) is 22.5. The molecule has 0 aliphatic carbocycles. The van der Waals surface area contributed by atoms with Gasteiger partial charge in [-0.2, -0.15) is 13.2 Å². The van der Waals surface area contributed by atoms with Crippen LogP contribution in [0.2, 0.25) is 0 Å². The average Bonchev–Trinajstić information content (AvgIpc) is 3.65. The fourth-order valence-electron chi connectivity index (χ4n) is 5.58. The van der Waals surface area contributed by atoms with E-state index in [0.29, 0.717) is 48.9 Å². The molecule has 3 heterocycles. The number of alkyl halides is 3. The topological polar surface area (TPSA) is 64.1 Å². The zero-order valence-electron chi connectivity index (χ0n) is 25.1. The third kappa shape index (κ3) is 7.33. The van der Waals surface area contributed by atoms with Crippen molar-refractivity contribution in [2.24, 2.45) is 0 Å². The van der Waals surface area contributed by atoms with Crippen molar-refractivity contribution >= 4 is 83.9 Å². The summed E-state index contributed by atoms with van der Waals surface area (Å²) in [6.45, 7) is 4.73. The van der Waals surface area contributed by atoms with E-state index in [9.17, 15) is 27.9 Å². The number of aryl methyl sites for hydroxylation is 1. The fraction of sp³-hybridized carbons (Fsp3) is 0.235. The summed E-state index contributed by atoms with van der Waals surface area (Å²) in [6.07, 6.45) is -3.90. The normalized spacial score (nSPS) is 13.7. The van der Waals surface area contributed by atoms with Gasteiger partial charge in [0, 0.05) is 46.8 Å². The van der Waals surface area contributed by atoms with Crippen LogP contribution in [0.15, 0.2) is 87.5 Å². The number of anilines is 2. The van der Waals surface area contributed by atoms with E-state index in [0.717, 1.165) is 54.1 Å². The highest BCUT2D eigenvalue weighted by Crippen LogP contribution is 2.40. The maximum atomic E-state index is 13.2. The number of aromatic carboxylic acids is 1. The highest BCUT2D eigenvalue weighted by atomic mass is 79.9. The number of hydrogen-bond donors (Lipinski definition) is 1. The summed E-state index contributed by atoms with van der Waals surface area (Å²) in [7, 11) is 0. The van der Waals surface area contributed by atoms with E-state index in [2.05, 4.69) is 31.2 Å². The molecule has 47 heavy (non-hydrogen) atoms. The van der Waals surface area contributed by atoms with Crippen LogP contribution in [0, 0.1) is 6.92 Å². The van der Waals surface area contributed by atoms with Crippen LogP contribution in [0.1, 0.15) is 36.0 Å². The number of carbonyl (C=O) groups excluding carboxylic acids is 1. The number of benzene rings is 3. The lowest BCUT2D eigenvalue weighted by Crippen LogP contribution is -2.49. The predicted octanol–water partition coefficient (Wildman–Crippen LogP) is 9.47. The maximum absolute atomic E-state index is 13.2. The van der Waals surface area contributed by atoms with Crippen molar-refractivity contribution < 1.29 is 27.9 Å². The molecule has 1 saturated heterocycles. The molecule has 3 aromatic carbocycles. The summed E-state index contributed by atoms with van der Waals surface area (Å²) in [6, 6.07) is 21.1. The van der Waals surface area contributed by atoms with Gasteiger partial charge in [-0.25, -0.2) is 4.79 Å². The molecule has 1 amide bonds. The third-order valence-electron chi connectivity index (χ3n) is 8.07. The number of rotatable bonds is 9. The van der Waals surface area contributed by atoms with Gasteiger partial charge in [0.1, 0.15) is 9.75 Å². The summed E-state index contributed by atoms with van der Waals surface area (Å²) in [5.74, 6) is -0.937. The van der Waals surface area contributed by atoms with Crippen LogP contribution in [-0.2, 0) is 12.6 Å². The van der Waals surface area contributed by atoms with Crippen LogP contribution in [0.3, 0.4) is 0 Å². The third-order valence-corrected chi connectivity index (χ3v) is 12.2. The van der Waals surface area contributed by atoms with Crippen molar-refractivity contribution in [2.75, 3.05) is 41.9 Å². The van der Waals surface area contributed by atoms with E-state index in [1.807, 2.05) is 59.7 Å². The SMILES string of the molecule is Cc1c(C(=O)O)sc2ccc(SN(CCc3ccc(C(F)(F)F)cc3)c3ccccc3N3CCN(C(=O)c4sccc4Br)CC3)cc12. The Morgan fingerprint density at radius 1 is 0.979 bits per heavy atom. The number of amides is 1. The minimum atomic E-state index is -4.40. The first kappa shape index (κ1) is 33.4. The van der Waals surface area contributed by atoms with E-state index < -0.39 is 17.7 Å². The van der Waals surface area contributed by atoms with E-state index in [-0.39, 0.29) is 5.91 Å². The maximum Gasteiger partial charge on any atom is 0.416 e. The number of carboxylic acids is 1.